The molecule has 0 fully saturated rings. The first kappa shape index (κ1) is 28.9. The second-order valence-electron chi connectivity index (χ2n) is 15.6. The molecule has 0 unspecified atom stereocenters. The molecule has 0 aliphatic heterocycles. The van der Waals surface area contributed by atoms with Crippen molar-refractivity contribution in [1.29, 1.82) is 0 Å². The van der Waals surface area contributed by atoms with E-state index in [0.717, 1.165) is 44.5 Å². The van der Waals surface area contributed by atoms with E-state index in [9.17, 15) is 9.59 Å². The first-order valence-corrected chi connectivity index (χ1v) is 18.4. The maximum atomic E-state index is 15.5. The number of hydrogen-bond donors (Lipinski definition) is 0. The minimum absolute atomic E-state index is 0.221. The molecule has 0 spiro atoms. The maximum absolute atomic E-state index is 15.5. The molecule has 12 aliphatic rings. The Kier molecular flexibility index (Phi) is 4.96. The maximum Gasteiger partial charge on any atom is 0.187 e. The van der Waals surface area contributed by atoms with Gasteiger partial charge in [-0.3, -0.25) is 28.8 Å². The fourth-order valence-electron chi connectivity index (χ4n) is 12.0. The first-order valence-electron chi connectivity index (χ1n) is 18.4. The zero-order chi connectivity index (χ0) is 36.0. The molecule has 6 heteroatoms. The average Bonchev–Trinajstić information content (AvgIpc) is 3.22. The fourth-order valence-corrected chi connectivity index (χ4v) is 12.0. The third-order valence-electron chi connectivity index (χ3n) is 13.7. The van der Waals surface area contributed by atoms with Crippen molar-refractivity contribution in [3.8, 4) is 0 Å². The summed E-state index contributed by atoms with van der Waals surface area (Å²) in [7, 11) is 0. The molecule has 4 aromatic rings. The van der Waals surface area contributed by atoms with E-state index < -0.39 is 35.5 Å². The van der Waals surface area contributed by atoms with Gasteiger partial charge < -0.3 is 0 Å². The van der Waals surface area contributed by atoms with Gasteiger partial charge in [-0.2, -0.15) is 0 Å². The van der Waals surface area contributed by atoms with Crippen molar-refractivity contribution in [2.24, 2.45) is 0 Å². The number of carbonyl (C=O) groups is 6. The second kappa shape index (κ2) is 9.28. The lowest BCUT2D eigenvalue weighted by atomic mass is 9.48. The second-order valence-corrected chi connectivity index (χ2v) is 15.6. The molecule has 0 N–H and O–H groups in total. The van der Waals surface area contributed by atoms with Crippen molar-refractivity contribution in [2.75, 3.05) is 0 Å². The molecule has 0 heterocycles. The molecular weight excluding hydrogens is 673 g/mol. The number of benzene rings is 4. The average molecular weight is 697 g/mol. The molecule has 12 aliphatic carbocycles. The van der Waals surface area contributed by atoms with Gasteiger partial charge in [0.15, 0.2) is 34.7 Å². The van der Waals surface area contributed by atoms with Crippen LogP contribution in [-0.4, -0.2) is 34.7 Å². The van der Waals surface area contributed by atoms with E-state index in [-0.39, 0.29) is 68.1 Å². The largest absolute Gasteiger partial charge is 0.290 e. The molecule has 0 saturated carbocycles. The van der Waals surface area contributed by atoms with Gasteiger partial charge in [0, 0.05) is 91.2 Å². The van der Waals surface area contributed by atoms with Crippen LogP contribution in [0.3, 0.4) is 0 Å². The Morgan fingerprint density at radius 1 is 0.241 bits per heavy atom. The lowest BCUT2D eigenvalue weighted by Crippen LogP contribution is -2.49. The van der Waals surface area contributed by atoms with E-state index in [0.29, 0.717) is 22.3 Å². The van der Waals surface area contributed by atoms with Gasteiger partial charge in [-0.05, 0) is 56.7 Å². The molecular formula is C48H24O6. The van der Waals surface area contributed by atoms with Crippen LogP contribution in [0.25, 0.3) is 0 Å². The van der Waals surface area contributed by atoms with Gasteiger partial charge in [0.1, 0.15) is 0 Å². The highest BCUT2D eigenvalue weighted by Crippen LogP contribution is 2.67. The van der Waals surface area contributed by atoms with E-state index in [1.807, 2.05) is 97.1 Å². The Hall–Kier alpha value is -6.66. The van der Waals surface area contributed by atoms with E-state index >= 15 is 19.2 Å². The standard InChI is InChI=1S/C48H24O6/c49-27-17-18-28(50)36-32-24-14-6-5-13-23(24)31(35(27)36)39-40(32)48(54)44-34-26-16-8-7-15-25(26)33(43(44)47(39)53)41-42(34)46(52)38-30-20-10-2-1-9-19(20)29(37(38)45(41)51)21-11-3-4-12-22(21)30/h1-18,29-34H/t29?,30?,31-,32+,33+,34-. The minimum atomic E-state index is -0.939. The highest BCUT2D eigenvalue weighted by molar-refractivity contribution is 6.37. The van der Waals surface area contributed by atoms with Gasteiger partial charge in [-0.25, -0.2) is 0 Å². The number of Topliss-reactive ketones (excluding diaryl/α,β-unsaturated/α-hetero) is 4. The number of hydrogen-bond acceptors (Lipinski definition) is 6. The molecule has 6 nitrogen and oxygen atoms in total. The quantitative estimate of drug-likeness (QED) is 0.193. The predicted octanol–water partition coefficient (Wildman–Crippen LogP) is 6.56. The Balaban J connectivity index is 1.04. The molecule has 4 aromatic carbocycles. The van der Waals surface area contributed by atoms with E-state index in [4.69, 9.17) is 0 Å². The van der Waals surface area contributed by atoms with Crippen LogP contribution in [-0.2, 0) is 28.8 Å². The zero-order valence-corrected chi connectivity index (χ0v) is 28.3. The highest BCUT2D eigenvalue weighted by atomic mass is 16.2. The summed E-state index contributed by atoms with van der Waals surface area (Å²) in [5, 5.41) is 0. The molecule has 0 aromatic heterocycles. The van der Waals surface area contributed by atoms with Crippen molar-refractivity contribution in [3.05, 3.63) is 209 Å². The molecule has 4 atom stereocenters. The van der Waals surface area contributed by atoms with E-state index in [2.05, 4.69) is 0 Å². The summed E-state index contributed by atoms with van der Waals surface area (Å²) < 4.78 is 0. The molecule has 54 heavy (non-hydrogen) atoms. The van der Waals surface area contributed by atoms with Crippen LogP contribution in [0.2, 0.25) is 0 Å². The Morgan fingerprint density at radius 2 is 0.426 bits per heavy atom. The number of rotatable bonds is 0. The molecule has 0 amide bonds. The Bertz CT molecular complexity index is 2730. The summed E-state index contributed by atoms with van der Waals surface area (Å²) in [6.07, 6.45) is 2.51. The monoisotopic (exact) mass is 696 g/mol. The van der Waals surface area contributed by atoms with Crippen LogP contribution in [0, 0.1) is 0 Å². The van der Waals surface area contributed by atoms with Crippen molar-refractivity contribution in [2.45, 2.75) is 35.5 Å². The number of ketones is 6. The SMILES string of the molecule is O=C1C=CC(=O)C2=C1[C@@H]1C3=C(C(=O)C4=C(C3=O)[C@@H]3C5=C(C(=O)C6=C(C5=O)C5c7ccccc7C6c6ccccc65)[C@H]4c4ccccc43)[C@H]2c2ccccc21. The van der Waals surface area contributed by atoms with Crippen LogP contribution < -0.4 is 0 Å². The molecule has 252 valence electrons. The normalized spacial score (nSPS) is 28.5. The Morgan fingerprint density at radius 3 is 0.667 bits per heavy atom. The van der Waals surface area contributed by atoms with Crippen LogP contribution in [0.1, 0.15) is 80.0 Å². The van der Waals surface area contributed by atoms with Crippen LogP contribution in [0.15, 0.2) is 165 Å². The van der Waals surface area contributed by atoms with Crippen LogP contribution >= 0.6 is 0 Å². The summed E-state index contributed by atoms with van der Waals surface area (Å²) in [6, 6.07) is 31.0. The third-order valence-corrected chi connectivity index (χ3v) is 13.7. The lowest BCUT2D eigenvalue weighted by Gasteiger charge is -2.52. The van der Waals surface area contributed by atoms with E-state index in [1.165, 1.54) is 12.2 Å². The van der Waals surface area contributed by atoms with Gasteiger partial charge in [-0.15, -0.1) is 0 Å². The summed E-state index contributed by atoms with van der Waals surface area (Å²) in [5.41, 5.74) is 9.92. The Labute approximate surface area is 307 Å². The predicted molar refractivity (Wildman–Crippen MR) is 195 cm³/mol. The van der Waals surface area contributed by atoms with Crippen LogP contribution in [0.4, 0.5) is 0 Å². The number of carbonyl (C=O) groups excluding carboxylic acids is 6. The first-order chi connectivity index (χ1) is 26.4. The molecule has 6 bridgehead atoms. The van der Waals surface area contributed by atoms with E-state index in [1.54, 1.807) is 0 Å². The fraction of sp³-hybridized carbons (Fsp3) is 0.125. The van der Waals surface area contributed by atoms with Gasteiger partial charge in [0.2, 0.25) is 0 Å². The third kappa shape index (κ3) is 2.93. The van der Waals surface area contributed by atoms with Crippen molar-refractivity contribution in [1.82, 2.24) is 0 Å². The van der Waals surface area contributed by atoms with Crippen LogP contribution in [0.5, 0.6) is 0 Å². The van der Waals surface area contributed by atoms with Crippen molar-refractivity contribution < 1.29 is 28.8 Å². The molecule has 16 rings (SSSR count). The molecule has 0 saturated heterocycles. The molecule has 0 radical (unpaired) electrons. The summed E-state index contributed by atoms with van der Waals surface area (Å²) in [4.78, 5) is 89.1. The van der Waals surface area contributed by atoms with Gasteiger partial charge in [0.25, 0.3) is 0 Å². The smallest absolute Gasteiger partial charge is 0.187 e. The lowest BCUT2D eigenvalue weighted by molar-refractivity contribution is -0.119. The minimum Gasteiger partial charge on any atom is -0.290 e. The summed E-state index contributed by atoms with van der Waals surface area (Å²) in [6.45, 7) is 0. The van der Waals surface area contributed by atoms with Crippen molar-refractivity contribution >= 4 is 34.7 Å². The summed E-state index contributed by atoms with van der Waals surface area (Å²) in [5.74, 6) is -6.50. The van der Waals surface area contributed by atoms with Gasteiger partial charge >= 0.3 is 0 Å². The number of allylic oxidation sites excluding steroid dienone is 12. The van der Waals surface area contributed by atoms with Gasteiger partial charge in [-0.1, -0.05) is 97.1 Å². The van der Waals surface area contributed by atoms with Crippen molar-refractivity contribution in [3.63, 3.8) is 0 Å². The van der Waals surface area contributed by atoms with Gasteiger partial charge in [0.05, 0.1) is 0 Å². The highest BCUT2D eigenvalue weighted by Gasteiger charge is 2.63. The topological polar surface area (TPSA) is 102 Å². The summed E-state index contributed by atoms with van der Waals surface area (Å²) >= 11 is 0. The zero-order valence-electron chi connectivity index (χ0n) is 28.3.